The summed E-state index contributed by atoms with van der Waals surface area (Å²) >= 11 is 0. The number of hydrogen-bond donors (Lipinski definition) is 3. The Hall–Kier alpha value is -2.12. The van der Waals surface area contributed by atoms with E-state index in [1.54, 1.807) is 10.6 Å². The summed E-state index contributed by atoms with van der Waals surface area (Å²) in [5, 5.41) is 19.9. The minimum atomic E-state index is -0.309. The van der Waals surface area contributed by atoms with Crippen molar-refractivity contribution in [2.45, 2.75) is 88.1 Å². The zero-order valence-electron chi connectivity index (χ0n) is 16.6. The van der Waals surface area contributed by atoms with Crippen LogP contribution in [0.25, 0.3) is 11.0 Å². The Bertz CT molecular complexity index is 958. The van der Waals surface area contributed by atoms with Gasteiger partial charge in [-0.1, -0.05) is 0 Å². The number of aromatic nitrogens is 2. The van der Waals surface area contributed by atoms with Crippen molar-refractivity contribution in [3.8, 4) is 0 Å². The van der Waals surface area contributed by atoms with Gasteiger partial charge in [-0.15, -0.1) is 0 Å². The number of rotatable bonds is 2. The highest BCUT2D eigenvalue weighted by Crippen LogP contribution is 2.36. The van der Waals surface area contributed by atoms with Crippen LogP contribution in [0.5, 0.6) is 0 Å². The Morgan fingerprint density at radius 2 is 1.62 bits per heavy atom. The highest BCUT2D eigenvalue weighted by Gasteiger charge is 2.40. The molecule has 156 valence electrons. The third-order valence-corrected chi connectivity index (χ3v) is 7.18. The lowest BCUT2D eigenvalue weighted by atomic mass is 9.82. The van der Waals surface area contributed by atoms with Crippen molar-refractivity contribution < 1.29 is 15.0 Å². The number of benzene rings is 1. The van der Waals surface area contributed by atoms with Gasteiger partial charge >= 0.3 is 5.69 Å². The number of piperidine rings is 2. The largest absolute Gasteiger partial charge is 0.393 e. The molecule has 3 aliphatic rings. The second-order valence-corrected chi connectivity index (χ2v) is 9.07. The Morgan fingerprint density at radius 1 is 0.931 bits per heavy atom. The number of hydrogen-bond acceptors (Lipinski definition) is 4. The number of fused-ring (bicyclic) bond motifs is 3. The summed E-state index contributed by atoms with van der Waals surface area (Å²) in [6.45, 7) is 0. The van der Waals surface area contributed by atoms with Gasteiger partial charge in [-0.25, -0.2) is 4.79 Å². The van der Waals surface area contributed by atoms with Crippen LogP contribution in [-0.2, 0) is 0 Å². The van der Waals surface area contributed by atoms with Gasteiger partial charge in [-0.05, 0) is 76.0 Å². The van der Waals surface area contributed by atoms with E-state index in [9.17, 15) is 19.8 Å². The summed E-state index contributed by atoms with van der Waals surface area (Å²) < 4.78 is 1.79. The minimum absolute atomic E-state index is 0.00267. The van der Waals surface area contributed by atoms with Gasteiger partial charge in [0.05, 0.1) is 23.2 Å². The van der Waals surface area contributed by atoms with Crippen LogP contribution in [0, 0.1) is 0 Å². The minimum Gasteiger partial charge on any atom is -0.393 e. The Balaban J connectivity index is 1.45. The number of imidazole rings is 1. The smallest absolute Gasteiger partial charge is 0.326 e. The number of nitrogens with one attached hydrogen (secondary N) is 1. The van der Waals surface area contributed by atoms with E-state index in [0.717, 1.165) is 37.6 Å². The molecule has 0 radical (unpaired) electrons. The number of aliphatic hydroxyl groups is 2. The van der Waals surface area contributed by atoms with E-state index >= 15 is 0 Å². The third kappa shape index (κ3) is 3.30. The van der Waals surface area contributed by atoms with E-state index in [4.69, 9.17) is 0 Å². The molecule has 1 aromatic carbocycles. The Morgan fingerprint density at radius 3 is 2.31 bits per heavy atom. The molecule has 2 saturated heterocycles. The van der Waals surface area contributed by atoms with Crippen molar-refractivity contribution >= 4 is 16.9 Å². The number of nitrogens with zero attached hydrogens (tertiary/aromatic N) is 2. The van der Waals surface area contributed by atoms with Gasteiger partial charge in [0.15, 0.2) is 0 Å². The van der Waals surface area contributed by atoms with Gasteiger partial charge < -0.3 is 20.1 Å². The maximum absolute atomic E-state index is 13.3. The zero-order valence-corrected chi connectivity index (χ0v) is 16.6. The fourth-order valence-corrected chi connectivity index (χ4v) is 5.78. The van der Waals surface area contributed by atoms with Crippen molar-refractivity contribution in [3.63, 3.8) is 0 Å². The van der Waals surface area contributed by atoms with Crippen LogP contribution < -0.4 is 5.69 Å². The van der Waals surface area contributed by atoms with Crippen LogP contribution in [-0.4, -0.2) is 54.9 Å². The van der Waals surface area contributed by atoms with Crippen LogP contribution in [0.1, 0.15) is 74.2 Å². The van der Waals surface area contributed by atoms with E-state index in [0.29, 0.717) is 36.8 Å². The van der Waals surface area contributed by atoms with Crippen LogP contribution in [0.3, 0.4) is 0 Å². The van der Waals surface area contributed by atoms with Gasteiger partial charge in [-0.3, -0.25) is 9.36 Å². The lowest BCUT2D eigenvalue weighted by molar-refractivity contribution is -0.0150. The Kier molecular flexibility index (Phi) is 4.75. The van der Waals surface area contributed by atoms with E-state index < -0.39 is 0 Å². The topological polar surface area (TPSA) is 98.6 Å². The molecule has 1 aromatic heterocycles. The van der Waals surface area contributed by atoms with E-state index in [2.05, 4.69) is 4.98 Å². The third-order valence-electron chi connectivity index (χ3n) is 7.18. The number of carbonyl (C=O) groups is 1. The highest BCUT2D eigenvalue weighted by atomic mass is 16.3. The lowest BCUT2D eigenvalue weighted by Gasteiger charge is -2.47. The summed E-state index contributed by atoms with van der Waals surface area (Å²) in [7, 11) is 0. The normalized spacial score (nSPS) is 32.5. The Labute approximate surface area is 169 Å². The molecule has 3 heterocycles. The maximum Gasteiger partial charge on any atom is 0.326 e. The van der Waals surface area contributed by atoms with Crippen molar-refractivity contribution in [1.29, 1.82) is 0 Å². The number of aromatic amines is 1. The van der Waals surface area contributed by atoms with Crippen LogP contribution in [0.2, 0.25) is 0 Å². The summed E-state index contributed by atoms with van der Waals surface area (Å²) in [6, 6.07) is 5.81. The van der Waals surface area contributed by atoms with Gasteiger partial charge in [-0.2, -0.15) is 0 Å². The summed E-state index contributed by atoms with van der Waals surface area (Å²) in [5.74, 6) is 0.00267. The average molecular weight is 399 g/mol. The van der Waals surface area contributed by atoms with Gasteiger partial charge in [0.2, 0.25) is 0 Å². The van der Waals surface area contributed by atoms with E-state index in [1.807, 2.05) is 17.0 Å². The molecule has 1 amide bonds. The molecular formula is C22H29N3O4. The van der Waals surface area contributed by atoms with Crippen LogP contribution in [0.4, 0.5) is 0 Å². The van der Waals surface area contributed by atoms with E-state index in [-0.39, 0.29) is 41.9 Å². The number of carbonyl (C=O) groups excluding carboxylic acids is 1. The predicted molar refractivity (Wildman–Crippen MR) is 109 cm³/mol. The second-order valence-electron chi connectivity index (χ2n) is 9.07. The highest BCUT2D eigenvalue weighted by molar-refractivity contribution is 5.98. The second kappa shape index (κ2) is 7.29. The fraction of sp³-hybridized carbons (Fsp3) is 0.636. The van der Waals surface area contributed by atoms with Crippen LogP contribution >= 0.6 is 0 Å². The first kappa shape index (κ1) is 18.9. The first-order valence-electron chi connectivity index (χ1n) is 10.9. The van der Waals surface area contributed by atoms with Crippen molar-refractivity contribution in [3.05, 3.63) is 34.2 Å². The summed E-state index contributed by atoms with van der Waals surface area (Å²) in [6.07, 6.45) is 6.74. The summed E-state index contributed by atoms with van der Waals surface area (Å²) in [4.78, 5) is 30.8. The van der Waals surface area contributed by atoms with Crippen molar-refractivity contribution in [2.24, 2.45) is 0 Å². The summed E-state index contributed by atoms with van der Waals surface area (Å²) in [5.41, 5.74) is 1.96. The van der Waals surface area contributed by atoms with E-state index in [1.165, 1.54) is 0 Å². The predicted octanol–water partition coefficient (Wildman–Crippen LogP) is 2.32. The van der Waals surface area contributed by atoms with Gasteiger partial charge in [0.25, 0.3) is 5.91 Å². The monoisotopic (exact) mass is 399 g/mol. The molecule has 2 aliphatic heterocycles. The maximum atomic E-state index is 13.3. The number of aliphatic hydroxyl groups excluding tert-OH is 2. The van der Waals surface area contributed by atoms with Crippen LogP contribution in [0.15, 0.2) is 23.0 Å². The van der Waals surface area contributed by atoms with Crippen molar-refractivity contribution in [1.82, 2.24) is 14.5 Å². The molecule has 3 N–H and O–H groups in total. The molecule has 7 nitrogen and oxygen atoms in total. The van der Waals surface area contributed by atoms with Crippen molar-refractivity contribution in [2.75, 3.05) is 0 Å². The molecule has 29 heavy (non-hydrogen) atoms. The molecule has 1 saturated carbocycles. The quantitative estimate of drug-likeness (QED) is 0.722. The first-order chi connectivity index (χ1) is 14.0. The average Bonchev–Trinajstić information content (AvgIpc) is 3.02. The first-order valence-corrected chi connectivity index (χ1v) is 10.9. The molecule has 2 aromatic rings. The SMILES string of the molecule is O=C(c1ccc2c(c1)[nH]c(=O)n2C1CCC(O)CC1)N1[C@@H]2CCC[C@H]1CC(O)C2. The molecule has 3 fully saturated rings. The molecular weight excluding hydrogens is 370 g/mol. The number of amides is 1. The fourth-order valence-electron chi connectivity index (χ4n) is 5.78. The molecule has 5 rings (SSSR count). The lowest BCUT2D eigenvalue weighted by Crippen LogP contribution is -2.55. The molecule has 7 heteroatoms. The molecule has 1 aliphatic carbocycles. The number of H-pyrrole nitrogens is 1. The molecule has 1 unspecified atom stereocenters. The van der Waals surface area contributed by atoms with Gasteiger partial charge in [0, 0.05) is 23.7 Å². The standard InChI is InChI=1S/C22H29N3O4/c26-17-7-5-14(6-8-17)25-20-9-4-13(10-19(20)23-22(25)29)21(28)24-15-2-1-3-16(24)12-18(27)11-15/h4,9-10,14-18,26-27H,1-3,5-8,11-12H2,(H,23,29)/t14?,15-,16+,17?,18?. The zero-order chi connectivity index (χ0) is 20.1. The molecule has 3 atom stereocenters. The molecule has 2 bridgehead atoms. The van der Waals surface area contributed by atoms with Gasteiger partial charge in [0.1, 0.15) is 0 Å². The molecule has 0 spiro atoms.